The molecule has 1 amide bonds. The maximum absolute atomic E-state index is 12.7. The van der Waals surface area contributed by atoms with Gasteiger partial charge < -0.3 is 11.1 Å². The molecule has 0 radical (unpaired) electrons. The van der Waals surface area contributed by atoms with Crippen molar-refractivity contribution >= 4 is 28.3 Å². The van der Waals surface area contributed by atoms with Crippen LogP contribution in [0, 0.1) is 5.92 Å². The Bertz CT molecular complexity index is 754. The lowest BCUT2D eigenvalue weighted by atomic mass is 9.96. The highest BCUT2D eigenvalue weighted by Crippen LogP contribution is 2.38. The van der Waals surface area contributed by atoms with E-state index < -0.39 is 44.6 Å². The van der Waals surface area contributed by atoms with E-state index >= 15 is 0 Å². The van der Waals surface area contributed by atoms with Crippen LogP contribution in [0.2, 0.25) is 0 Å². The van der Waals surface area contributed by atoms with E-state index in [1.165, 1.54) is 0 Å². The number of sulfonamides is 1. The molecule has 0 heterocycles. The first-order valence-corrected chi connectivity index (χ1v) is 9.14. The maximum Gasteiger partial charge on any atom is 0.416 e. The number of carbonyl (C=O) groups is 1. The van der Waals surface area contributed by atoms with Crippen LogP contribution in [-0.4, -0.2) is 33.0 Å². The average molecular weight is 416 g/mol. The van der Waals surface area contributed by atoms with Crippen molar-refractivity contribution in [3.63, 3.8) is 0 Å². The van der Waals surface area contributed by atoms with Gasteiger partial charge in [-0.05, 0) is 43.9 Å². The predicted molar refractivity (Wildman–Crippen MR) is 92.2 cm³/mol. The lowest BCUT2D eigenvalue weighted by molar-refractivity contribution is -0.137. The van der Waals surface area contributed by atoms with E-state index in [2.05, 4.69) is 5.32 Å². The van der Waals surface area contributed by atoms with Crippen LogP contribution < -0.4 is 15.8 Å². The molecule has 2 rings (SSSR count). The summed E-state index contributed by atoms with van der Waals surface area (Å²) in [6, 6.07) is 3.32. The first-order valence-electron chi connectivity index (χ1n) is 7.66. The number of halogens is 4. The number of hydrogen-bond donors (Lipinski definition) is 3. The van der Waals surface area contributed by atoms with Crippen molar-refractivity contribution in [2.24, 2.45) is 11.7 Å². The van der Waals surface area contributed by atoms with Gasteiger partial charge in [0, 0.05) is 6.54 Å². The largest absolute Gasteiger partial charge is 0.416 e. The Balaban J connectivity index is 0.00000338. The number of amides is 1. The van der Waals surface area contributed by atoms with Crippen molar-refractivity contribution in [2.45, 2.75) is 36.4 Å². The van der Waals surface area contributed by atoms with Gasteiger partial charge in [-0.1, -0.05) is 6.07 Å². The second-order valence-corrected chi connectivity index (χ2v) is 8.06. The third kappa shape index (κ3) is 5.57. The molecule has 148 valence electrons. The van der Waals surface area contributed by atoms with Crippen LogP contribution in [-0.2, 0) is 21.0 Å². The summed E-state index contributed by atoms with van der Waals surface area (Å²) in [5.41, 5.74) is 3.97. The van der Waals surface area contributed by atoms with E-state index in [4.69, 9.17) is 5.73 Å². The quantitative estimate of drug-likeness (QED) is 0.630. The van der Waals surface area contributed by atoms with Crippen molar-refractivity contribution in [3.8, 4) is 0 Å². The van der Waals surface area contributed by atoms with Gasteiger partial charge in [-0.2, -0.15) is 13.2 Å². The van der Waals surface area contributed by atoms with Gasteiger partial charge in [-0.25, -0.2) is 13.1 Å². The van der Waals surface area contributed by atoms with Crippen LogP contribution in [0.1, 0.15) is 25.3 Å². The van der Waals surface area contributed by atoms with Gasteiger partial charge in [-0.15, -0.1) is 12.4 Å². The molecular formula is C15H21ClF3N3O3S. The van der Waals surface area contributed by atoms with Gasteiger partial charge in [0.1, 0.15) is 0 Å². The Morgan fingerprint density at radius 1 is 1.31 bits per heavy atom. The van der Waals surface area contributed by atoms with Crippen LogP contribution in [0.5, 0.6) is 0 Å². The number of nitrogens with one attached hydrogen (secondary N) is 2. The smallest absolute Gasteiger partial charge is 0.348 e. The highest BCUT2D eigenvalue weighted by Gasteiger charge is 2.41. The lowest BCUT2D eigenvalue weighted by Gasteiger charge is -2.29. The highest BCUT2D eigenvalue weighted by molar-refractivity contribution is 7.89. The second-order valence-electron chi connectivity index (χ2n) is 6.29. The second kappa shape index (κ2) is 8.12. The zero-order valence-electron chi connectivity index (χ0n) is 14.0. The maximum atomic E-state index is 12.7. The first-order chi connectivity index (χ1) is 11.5. The average Bonchev–Trinajstić information content (AvgIpc) is 3.37. The molecular weight excluding hydrogens is 395 g/mol. The Labute approximate surface area is 156 Å². The molecule has 0 aromatic heterocycles. The van der Waals surface area contributed by atoms with Gasteiger partial charge in [0.05, 0.1) is 22.5 Å². The third-order valence-corrected chi connectivity index (χ3v) is 5.62. The van der Waals surface area contributed by atoms with Gasteiger partial charge in [0.2, 0.25) is 15.9 Å². The summed E-state index contributed by atoms with van der Waals surface area (Å²) in [6.07, 6.45) is -2.79. The zero-order chi connectivity index (χ0) is 18.9. The van der Waals surface area contributed by atoms with E-state index in [9.17, 15) is 26.4 Å². The summed E-state index contributed by atoms with van der Waals surface area (Å²) >= 11 is 0. The molecule has 1 aromatic rings. The van der Waals surface area contributed by atoms with Gasteiger partial charge in [0.25, 0.3) is 0 Å². The molecule has 0 aliphatic heterocycles. The fraction of sp³-hybridized carbons (Fsp3) is 0.533. The minimum atomic E-state index is -4.66. The molecule has 0 spiro atoms. The molecule has 1 aliphatic carbocycles. The van der Waals surface area contributed by atoms with E-state index in [0.29, 0.717) is 6.07 Å². The number of rotatable bonds is 7. The molecule has 1 aromatic carbocycles. The molecule has 1 aliphatic rings. The molecule has 0 saturated heterocycles. The van der Waals surface area contributed by atoms with E-state index in [1.807, 2.05) is 4.72 Å². The monoisotopic (exact) mass is 415 g/mol. The van der Waals surface area contributed by atoms with Gasteiger partial charge >= 0.3 is 6.18 Å². The summed E-state index contributed by atoms with van der Waals surface area (Å²) in [6.45, 7) is 1.41. The Kier molecular flexibility index (Phi) is 7.08. The van der Waals surface area contributed by atoms with E-state index in [0.717, 1.165) is 31.0 Å². The summed E-state index contributed by atoms with van der Waals surface area (Å²) in [4.78, 5) is 11.4. The predicted octanol–water partition coefficient (Wildman–Crippen LogP) is 1.65. The van der Waals surface area contributed by atoms with Crippen LogP contribution >= 0.6 is 12.4 Å². The Morgan fingerprint density at radius 3 is 2.42 bits per heavy atom. The van der Waals surface area contributed by atoms with Crippen molar-refractivity contribution in [1.82, 2.24) is 10.0 Å². The number of benzene rings is 1. The number of nitrogens with two attached hydrogens (primary N) is 1. The van der Waals surface area contributed by atoms with Crippen molar-refractivity contribution in [3.05, 3.63) is 29.8 Å². The fourth-order valence-electron chi connectivity index (χ4n) is 2.49. The minimum Gasteiger partial charge on any atom is -0.348 e. The van der Waals surface area contributed by atoms with E-state index in [-0.39, 0.29) is 24.9 Å². The van der Waals surface area contributed by atoms with Crippen molar-refractivity contribution in [1.29, 1.82) is 0 Å². The lowest BCUT2D eigenvalue weighted by Crippen LogP contribution is -2.55. The molecule has 26 heavy (non-hydrogen) atoms. The van der Waals surface area contributed by atoms with Crippen LogP contribution in [0.15, 0.2) is 29.2 Å². The highest BCUT2D eigenvalue weighted by atomic mass is 35.5. The molecule has 1 saturated carbocycles. The SMILES string of the molecule is CC(CN)(NC(=O)CNS(=O)(=O)c1cccc(C(F)(F)F)c1)C1CC1.Cl. The van der Waals surface area contributed by atoms with Crippen LogP contribution in [0.4, 0.5) is 13.2 Å². The minimum absolute atomic E-state index is 0. The van der Waals surface area contributed by atoms with Crippen molar-refractivity contribution in [2.75, 3.05) is 13.1 Å². The molecule has 6 nitrogen and oxygen atoms in total. The summed E-state index contributed by atoms with van der Waals surface area (Å²) in [5, 5.41) is 2.69. The summed E-state index contributed by atoms with van der Waals surface area (Å²) < 4.78 is 64.3. The Hall–Kier alpha value is -1.36. The fourth-order valence-corrected chi connectivity index (χ4v) is 3.51. The third-order valence-electron chi connectivity index (χ3n) is 4.22. The first kappa shape index (κ1) is 22.7. The topological polar surface area (TPSA) is 101 Å². The number of alkyl halides is 3. The number of carbonyl (C=O) groups excluding carboxylic acids is 1. The zero-order valence-corrected chi connectivity index (χ0v) is 15.6. The standard InChI is InChI=1S/C15H20F3N3O3S.ClH/c1-14(9-19,10-5-6-10)21-13(22)8-20-25(23,24)12-4-2-3-11(7-12)15(16,17)18;/h2-4,7,10,20H,5-6,8-9,19H2,1H3,(H,21,22);1H. The Morgan fingerprint density at radius 2 is 1.92 bits per heavy atom. The molecule has 11 heteroatoms. The van der Waals surface area contributed by atoms with Crippen LogP contribution in [0.3, 0.4) is 0 Å². The molecule has 0 bridgehead atoms. The molecule has 1 fully saturated rings. The van der Waals surface area contributed by atoms with Gasteiger partial charge in [0.15, 0.2) is 0 Å². The molecule has 1 unspecified atom stereocenters. The summed E-state index contributed by atoms with van der Waals surface area (Å²) in [5.74, 6) is -0.336. The number of hydrogen-bond acceptors (Lipinski definition) is 4. The summed E-state index contributed by atoms with van der Waals surface area (Å²) in [7, 11) is -4.25. The molecule has 1 atom stereocenters. The van der Waals surface area contributed by atoms with Crippen LogP contribution in [0.25, 0.3) is 0 Å². The molecule has 4 N–H and O–H groups in total. The van der Waals surface area contributed by atoms with Crippen molar-refractivity contribution < 1.29 is 26.4 Å². The van der Waals surface area contributed by atoms with Gasteiger partial charge in [-0.3, -0.25) is 4.79 Å². The van der Waals surface area contributed by atoms with E-state index in [1.54, 1.807) is 6.92 Å². The normalized spacial score (nSPS) is 17.1.